The molecule has 7 nitrogen and oxygen atoms in total. The van der Waals surface area contributed by atoms with Gasteiger partial charge in [0.1, 0.15) is 6.61 Å². The van der Waals surface area contributed by atoms with Gasteiger partial charge in [-0.05, 0) is 5.56 Å². The van der Waals surface area contributed by atoms with Crippen molar-refractivity contribution < 1.29 is 27.4 Å². The molecule has 1 aromatic rings. The first-order valence-electron chi connectivity index (χ1n) is 7.00. The van der Waals surface area contributed by atoms with E-state index in [2.05, 4.69) is 5.32 Å². The third kappa shape index (κ3) is 11.8. The Labute approximate surface area is 140 Å². The number of carbonyl (C=O) groups excluding carboxylic acids is 1. The predicted molar refractivity (Wildman–Crippen MR) is 85.9 cm³/mol. The Morgan fingerprint density at radius 2 is 1.70 bits per heavy atom. The van der Waals surface area contributed by atoms with E-state index in [1.54, 1.807) is 0 Å². The van der Waals surface area contributed by atoms with Crippen molar-refractivity contribution in [3.05, 3.63) is 35.9 Å². The van der Waals surface area contributed by atoms with Crippen molar-refractivity contribution in [2.45, 2.75) is 6.61 Å². The van der Waals surface area contributed by atoms with E-state index in [-0.39, 0.29) is 25.6 Å². The molecule has 1 amide bonds. The van der Waals surface area contributed by atoms with E-state index >= 15 is 0 Å². The molecule has 0 aromatic heterocycles. The van der Waals surface area contributed by atoms with Gasteiger partial charge < -0.3 is 19.5 Å². The van der Waals surface area contributed by atoms with Gasteiger partial charge in [0, 0.05) is 17.2 Å². The molecule has 1 N–H and O–H groups in total. The Hall–Kier alpha value is -1.35. The second kappa shape index (κ2) is 11.2. The van der Waals surface area contributed by atoms with E-state index in [1.807, 2.05) is 30.3 Å². The molecule has 23 heavy (non-hydrogen) atoms. The molecule has 0 unspecified atom stereocenters. The number of benzene rings is 1. The monoisotopic (exact) mass is 365 g/mol. The summed E-state index contributed by atoms with van der Waals surface area (Å²) >= 11 is 0. The van der Waals surface area contributed by atoms with Gasteiger partial charge in [0.25, 0.3) is 0 Å². The van der Waals surface area contributed by atoms with Gasteiger partial charge in [-0.1, -0.05) is 30.3 Å². The fourth-order valence-corrected chi connectivity index (χ4v) is 1.99. The molecule has 130 valence electrons. The molecule has 0 atom stereocenters. The topological polar surface area (TPSA) is 90.9 Å². The van der Waals surface area contributed by atoms with Gasteiger partial charge in [0.2, 0.25) is 9.05 Å². The molecule has 0 spiro atoms. The molecular weight excluding hydrogens is 346 g/mol. The summed E-state index contributed by atoms with van der Waals surface area (Å²) in [6.07, 6.45) is -0.513. The van der Waals surface area contributed by atoms with Crippen molar-refractivity contribution in [1.29, 1.82) is 0 Å². The van der Waals surface area contributed by atoms with Crippen molar-refractivity contribution >= 4 is 25.8 Å². The molecule has 0 aliphatic rings. The quantitative estimate of drug-likeness (QED) is 0.472. The second-order valence-corrected chi connectivity index (χ2v) is 7.35. The Morgan fingerprint density at radius 1 is 1.04 bits per heavy atom. The minimum atomic E-state index is -3.52. The molecule has 0 radical (unpaired) electrons. The van der Waals surface area contributed by atoms with Crippen LogP contribution in [-0.2, 0) is 29.9 Å². The van der Waals surface area contributed by atoms with Crippen LogP contribution < -0.4 is 5.32 Å². The zero-order chi connectivity index (χ0) is 17.0. The summed E-state index contributed by atoms with van der Waals surface area (Å²) in [6, 6.07) is 9.36. The van der Waals surface area contributed by atoms with Gasteiger partial charge in [0.05, 0.1) is 32.2 Å². The van der Waals surface area contributed by atoms with E-state index in [9.17, 15) is 13.2 Å². The number of halogens is 1. The lowest BCUT2D eigenvalue weighted by Crippen LogP contribution is -2.28. The summed E-state index contributed by atoms with van der Waals surface area (Å²) in [6.45, 7) is 1.40. The number of hydrogen-bond donors (Lipinski definition) is 1. The molecule has 1 rings (SSSR count). The maximum absolute atomic E-state index is 11.4. The minimum absolute atomic E-state index is 0.0270. The first-order chi connectivity index (χ1) is 11.0. The number of ether oxygens (including phenoxy) is 3. The SMILES string of the molecule is O=C(NCCOCCOCCS(=O)(=O)Cl)OCc1ccccc1. The number of nitrogens with one attached hydrogen (secondary N) is 1. The Morgan fingerprint density at radius 3 is 2.35 bits per heavy atom. The number of rotatable bonds is 11. The molecule has 0 aliphatic carbocycles. The molecule has 0 fully saturated rings. The van der Waals surface area contributed by atoms with Crippen LogP contribution in [0.3, 0.4) is 0 Å². The maximum atomic E-state index is 11.4. The molecule has 0 saturated carbocycles. The lowest BCUT2D eigenvalue weighted by atomic mass is 10.2. The van der Waals surface area contributed by atoms with Gasteiger partial charge in [-0.25, -0.2) is 13.2 Å². The highest BCUT2D eigenvalue weighted by molar-refractivity contribution is 8.13. The van der Waals surface area contributed by atoms with Crippen LogP contribution in [0.1, 0.15) is 5.56 Å². The normalized spacial score (nSPS) is 11.2. The second-order valence-electron chi connectivity index (χ2n) is 4.46. The van der Waals surface area contributed by atoms with E-state index in [4.69, 9.17) is 24.9 Å². The molecule has 0 aliphatic heterocycles. The van der Waals surface area contributed by atoms with Crippen molar-refractivity contribution in [2.24, 2.45) is 0 Å². The van der Waals surface area contributed by atoms with Crippen LogP contribution in [0, 0.1) is 0 Å². The summed E-state index contributed by atoms with van der Waals surface area (Å²) in [4.78, 5) is 11.4. The highest BCUT2D eigenvalue weighted by atomic mass is 35.7. The smallest absolute Gasteiger partial charge is 0.407 e. The van der Waals surface area contributed by atoms with Crippen molar-refractivity contribution in [3.8, 4) is 0 Å². The summed E-state index contributed by atoms with van der Waals surface area (Å²) in [5.41, 5.74) is 0.912. The zero-order valence-electron chi connectivity index (χ0n) is 12.6. The summed E-state index contributed by atoms with van der Waals surface area (Å²) in [7, 11) is 1.50. The summed E-state index contributed by atoms with van der Waals surface area (Å²) < 4.78 is 36.5. The van der Waals surface area contributed by atoms with Crippen LogP contribution >= 0.6 is 10.7 Å². The fourth-order valence-electron chi connectivity index (χ4n) is 1.48. The predicted octanol–water partition coefficient (Wildman–Crippen LogP) is 1.51. The summed E-state index contributed by atoms with van der Waals surface area (Å²) in [5, 5.41) is 2.55. The van der Waals surface area contributed by atoms with Crippen molar-refractivity contribution in [2.75, 3.05) is 38.7 Å². The molecular formula is C14H20ClNO6S. The third-order valence-corrected chi connectivity index (χ3v) is 3.69. The first kappa shape index (κ1) is 19.7. The van der Waals surface area contributed by atoms with Gasteiger partial charge in [-0.15, -0.1) is 0 Å². The van der Waals surface area contributed by atoms with Crippen molar-refractivity contribution in [1.82, 2.24) is 5.32 Å². The Kier molecular flexibility index (Phi) is 9.61. The number of hydrogen-bond acceptors (Lipinski definition) is 6. The van der Waals surface area contributed by atoms with E-state index in [0.29, 0.717) is 19.8 Å². The van der Waals surface area contributed by atoms with Crippen molar-refractivity contribution in [3.63, 3.8) is 0 Å². The number of amides is 1. The van der Waals surface area contributed by atoms with E-state index in [1.165, 1.54) is 0 Å². The van der Waals surface area contributed by atoms with Gasteiger partial charge in [-0.3, -0.25) is 0 Å². The molecule has 0 bridgehead atoms. The average molecular weight is 366 g/mol. The molecule has 0 saturated heterocycles. The van der Waals surface area contributed by atoms with Crippen LogP contribution in [0.5, 0.6) is 0 Å². The summed E-state index contributed by atoms with van der Waals surface area (Å²) in [5.74, 6) is -0.233. The minimum Gasteiger partial charge on any atom is -0.445 e. The van der Waals surface area contributed by atoms with E-state index < -0.39 is 15.1 Å². The van der Waals surface area contributed by atoms with Gasteiger partial charge in [-0.2, -0.15) is 0 Å². The van der Waals surface area contributed by atoms with Gasteiger partial charge >= 0.3 is 6.09 Å². The maximum Gasteiger partial charge on any atom is 0.407 e. The fraction of sp³-hybridized carbons (Fsp3) is 0.500. The average Bonchev–Trinajstić information content (AvgIpc) is 2.51. The van der Waals surface area contributed by atoms with Crippen LogP contribution in [-0.4, -0.2) is 53.2 Å². The van der Waals surface area contributed by atoms with E-state index in [0.717, 1.165) is 5.56 Å². The molecule has 9 heteroatoms. The highest BCUT2D eigenvalue weighted by Gasteiger charge is 2.04. The first-order valence-corrected chi connectivity index (χ1v) is 9.47. The Bertz CT molecular complexity index is 552. The lowest BCUT2D eigenvalue weighted by molar-refractivity contribution is 0.0539. The molecule has 0 heterocycles. The number of carbonyl (C=O) groups is 1. The van der Waals surface area contributed by atoms with Gasteiger partial charge in [0.15, 0.2) is 0 Å². The third-order valence-electron chi connectivity index (χ3n) is 2.57. The lowest BCUT2D eigenvalue weighted by Gasteiger charge is -2.08. The van der Waals surface area contributed by atoms with Crippen LogP contribution in [0.15, 0.2) is 30.3 Å². The standard InChI is InChI=1S/C14H20ClNO6S/c15-23(18,19)11-10-21-9-8-20-7-6-16-14(17)22-12-13-4-2-1-3-5-13/h1-5H,6-12H2,(H,16,17). The highest BCUT2D eigenvalue weighted by Crippen LogP contribution is 2.00. The van der Waals surface area contributed by atoms with Crippen LogP contribution in [0.2, 0.25) is 0 Å². The van der Waals surface area contributed by atoms with Crippen LogP contribution in [0.4, 0.5) is 4.79 Å². The zero-order valence-corrected chi connectivity index (χ0v) is 14.1. The van der Waals surface area contributed by atoms with Crippen LogP contribution in [0.25, 0.3) is 0 Å². The Balaban J connectivity index is 1.91. The largest absolute Gasteiger partial charge is 0.445 e. The molecule has 1 aromatic carbocycles. The number of alkyl carbamates (subject to hydrolysis) is 1.